The molecule has 3 rings (SSSR count). The molecule has 0 radical (unpaired) electrons. The summed E-state index contributed by atoms with van der Waals surface area (Å²) >= 11 is 0. The van der Waals surface area contributed by atoms with Crippen molar-refractivity contribution in [2.75, 3.05) is 17.7 Å². The molecule has 1 aliphatic carbocycles. The highest BCUT2D eigenvalue weighted by Gasteiger charge is 2.71. The van der Waals surface area contributed by atoms with Gasteiger partial charge < -0.3 is 15.5 Å². The Morgan fingerprint density at radius 3 is 1.89 bits per heavy atom. The van der Waals surface area contributed by atoms with E-state index < -0.39 is 51.8 Å². The van der Waals surface area contributed by atoms with E-state index in [0.29, 0.717) is 12.1 Å². The molecule has 13 heteroatoms. The van der Waals surface area contributed by atoms with Crippen molar-refractivity contribution in [3.63, 3.8) is 0 Å². The van der Waals surface area contributed by atoms with Gasteiger partial charge in [0.25, 0.3) is 5.60 Å². The smallest absolute Gasteiger partial charge is 0.395 e. The van der Waals surface area contributed by atoms with Gasteiger partial charge in [-0.3, -0.25) is 4.79 Å². The molecule has 1 amide bonds. The average Bonchev–Trinajstić information content (AvgIpc) is 3.56. The molecule has 192 valence electrons. The van der Waals surface area contributed by atoms with E-state index in [-0.39, 0.29) is 27.8 Å². The molecule has 1 fully saturated rings. The van der Waals surface area contributed by atoms with Gasteiger partial charge in [-0.25, -0.2) is 8.42 Å². The van der Waals surface area contributed by atoms with Crippen molar-refractivity contribution in [2.24, 2.45) is 5.92 Å². The Labute approximate surface area is 196 Å². The minimum absolute atomic E-state index is 0.0179. The number of aliphatic hydroxyl groups excluding tert-OH is 1. The van der Waals surface area contributed by atoms with Crippen molar-refractivity contribution in [1.82, 2.24) is 0 Å². The van der Waals surface area contributed by atoms with Gasteiger partial charge >= 0.3 is 12.4 Å². The minimum atomic E-state index is -6.05. The third kappa shape index (κ3) is 5.62. The van der Waals surface area contributed by atoms with E-state index in [4.69, 9.17) is 0 Å². The molecule has 1 aliphatic rings. The van der Waals surface area contributed by atoms with E-state index in [9.17, 15) is 49.8 Å². The first-order valence-corrected chi connectivity index (χ1v) is 12.0. The molecule has 0 bridgehead atoms. The maximum atomic E-state index is 13.0. The molecular formula is C22H21F6NO5S. The topological polar surface area (TPSA) is 104 Å². The summed E-state index contributed by atoms with van der Waals surface area (Å²) in [5.41, 5.74) is -6.53. The molecule has 0 heterocycles. The molecule has 1 atom stereocenters. The Morgan fingerprint density at radius 2 is 1.46 bits per heavy atom. The van der Waals surface area contributed by atoms with Crippen LogP contribution in [-0.4, -0.2) is 49.3 Å². The monoisotopic (exact) mass is 525 g/mol. The Hall–Kier alpha value is -2.64. The lowest BCUT2D eigenvalue weighted by molar-refractivity contribution is -0.376. The molecular weight excluding hydrogens is 504 g/mol. The molecule has 0 saturated heterocycles. The molecule has 35 heavy (non-hydrogen) atoms. The van der Waals surface area contributed by atoms with Gasteiger partial charge in [0.05, 0.1) is 23.2 Å². The lowest BCUT2D eigenvalue weighted by Gasteiger charge is -2.32. The van der Waals surface area contributed by atoms with Crippen LogP contribution in [-0.2, 0) is 20.2 Å². The van der Waals surface area contributed by atoms with Crippen LogP contribution in [0.5, 0.6) is 0 Å². The number of rotatable bonds is 8. The van der Waals surface area contributed by atoms with Crippen molar-refractivity contribution in [1.29, 1.82) is 0 Å². The second-order valence-corrected chi connectivity index (χ2v) is 10.3. The summed E-state index contributed by atoms with van der Waals surface area (Å²) in [4.78, 5) is 12.6. The number of halogens is 6. The fourth-order valence-electron chi connectivity index (χ4n) is 3.45. The van der Waals surface area contributed by atoms with Crippen LogP contribution in [0.4, 0.5) is 32.0 Å². The number of hydrogen-bond acceptors (Lipinski definition) is 5. The zero-order valence-electron chi connectivity index (χ0n) is 17.9. The van der Waals surface area contributed by atoms with Crippen LogP contribution in [0.3, 0.4) is 0 Å². The van der Waals surface area contributed by atoms with Crippen LogP contribution in [0.15, 0.2) is 53.4 Å². The van der Waals surface area contributed by atoms with Gasteiger partial charge in [0, 0.05) is 11.3 Å². The average molecular weight is 525 g/mol. The number of benzene rings is 2. The van der Waals surface area contributed by atoms with E-state index in [2.05, 4.69) is 5.32 Å². The van der Waals surface area contributed by atoms with Gasteiger partial charge in [0.1, 0.15) is 0 Å². The quantitative estimate of drug-likeness (QED) is 0.454. The number of amides is 1. The first-order valence-electron chi connectivity index (χ1n) is 10.3. The first-order chi connectivity index (χ1) is 16.1. The van der Waals surface area contributed by atoms with Crippen LogP contribution < -0.4 is 5.32 Å². The van der Waals surface area contributed by atoms with Gasteiger partial charge in [-0.15, -0.1) is 0 Å². The summed E-state index contributed by atoms with van der Waals surface area (Å²) < 4.78 is 103. The highest BCUT2D eigenvalue weighted by Crippen LogP contribution is 2.50. The number of aliphatic hydroxyl groups is 2. The van der Waals surface area contributed by atoms with Gasteiger partial charge in [-0.2, -0.15) is 26.3 Å². The lowest BCUT2D eigenvalue weighted by Crippen LogP contribution is -2.53. The van der Waals surface area contributed by atoms with Crippen LogP contribution in [0.25, 0.3) is 0 Å². The summed E-state index contributed by atoms with van der Waals surface area (Å²) in [5.74, 6) is -1.89. The molecule has 2 aromatic carbocycles. The third-order valence-corrected chi connectivity index (χ3v) is 7.58. The van der Waals surface area contributed by atoms with Gasteiger partial charge in [-0.05, 0) is 48.6 Å². The van der Waals surface area contributed by atoms with Crippen LogP contribution in [0, 0.1) is 5.92 Å². The summed E-state index contributed by atoms with van der Waals surface area (Å²) in [7, 11) is -3.50. The highest BCUT2D eigenvalue weighted by molar-refractivity contribution is 7.91. The summed E-state index contributed by atoms with van der Waals surface area (Å²) in [5, 5.41) is 21.3. The number of carbonyl (C=O) groups is 1. The number of nitrogens with one attached hydrogen (secondary N) is 1. The van der Waals surface area contributed by atoms with Crippen molar-refractivity contribution in [3.05, 3.63) is 59.7 Å². The predicted octanol–water partition coefficient (Wildman–Crippen LogP) is 3.90. The summed E-state index contributed by atoms with van der Waals surface area (Å²) in [6.45, 7) is -0.708. The molecule has 0 aliphatic heterocycles. The SMILES string of the molecule is O=C(Nc1ccc(C(O)(C(F)(F)F)C(F)(F)F)cc1)C(CO)c1ccc(S(=O)(=O)CC2CC2)cc1. The van der Waals surface area contributed by atoms with E-state index in [0.717, 1.165) is 25.0 Å². The number of alkyl halides is 6. The Kier molecular flexibility index (Phi) is 7.26. The Balaban J connectivity index is 1.76. The van der Waals surface area contributed by atoms with Gasteiger partial charge in [0.15, 0.2) is 9.84 Å². The first kappa shape index (κ1) is 27.0. The summed E-state index contributed by atoms with van der Waals surface area (Å²) in [6, 6.07) is 7.54. The molecule has 3 N–H and O–H groups in total. The minimum Gasteiger partial charge on any atom is -0.395 e. The largest absolute Gasteiger partial charge is 0.430 e. The van der Waals surface area contributed by atoms with Crippen molar-refractivity contribution in [2.45, 2.75) is 41.6 Å². The van der Waals surface area contributed by atoms with E-state index >= 15 is 0 Å². The van der Waals surface area contributed by atoms with Crippen LogP contribution >= 0.6 is 0 Å². The van der Waals surface area contributed by atoms with Gasteiger partial charge in [-0.1, -0.05) is 24.3 Å². The number of hydrogen-bond donors (Lipinski definition) is 3. The molecule has 6 nitrogen and oxygen atoms in total. The molecule has 0 spiro atoms. The lowest BCUT2D eigenvalue weighted by atomic mass is 9.92. The standard InChI is InChI=1S/C22H21F6NO5S/c23-21(24,25)20(32,22(26,27)28)15-5-7-16(8-6-15)29-19(31)18(11-30)14-3-9-17(10-4-14)35(33,34)12-13-1-2-13/h3-10,13,18,30,32H,1-2,11-12H2,(H,29,31). The Bertz CT molecular complexity index is 1140. The fourth-order valence-corrected chi connectivity index (χ4v) is 5.15. The normalized spacial score (nSPS) is 16.1. The number of sulfone groups is 1. The van der Waals surface area contributed by atoms with Crippen molar-refractivity contribution in [3.8, 4) is 0 Å². The maximum Gasteiger partial charge on any atom is 0.430 e. The zero-order chi connectivity index (χ0) is 26.2. The second-order valence-electron chi connectivity index (χ2n) is 8.30. The van der Waals surface area contributed by atoms with Crippen molar-refractivity contribution < 1.29 is 49.8 Å². The van der Waals surface area contributed by atoms with E-state index in [1.807, 2.05) is 0 Å². The van der Waals surface area contributed by atoms with Crippen molar-refractivity contribution >= 4 is 21.4 Å². The molecule has 2 aromatic rings. The Morgan fingerprint density at radius 1 is 0.943 bits per heavy atom. The third-order valence-electron chi connectivity index (χ3n) is 5.68. The molecule has 0 aromatic heterocycles. The van der Waals surface area contributed by atoms with Crippen LogP contribution in [0.1, 0.15) is 29.9 Å². The molecule has 1 saturated carbocycles. The zero-order valence-corrected chi connectivity index (χ0v) is 18.7. The van der Waals surface area contributed by atoms with E-state index in [1.54, 1.807) is 0 Å². The molecule has 1 unspecified atom stereocenters. The number of anilines is 1. The van der Waals surface area contributed by atoms with Gasteiger partial charge in [0.2, 0.25) is 5.91 Å². The fraction of sp³-hybridized carbons (Fsp3) is 0.409. The summed E-state index contributed by atoms with van der Waals surface area (Å²) in [6.07, 6.45) is -10.4. The van der Waals surface area contributed by atoms with E-state index in [1.165, 1.54) is 24.3 Å². The maximum absolute atomic E-state index is 13.0. The van der Waals surface area contributed by atoms with Crippen LogP contribution in [0.2, 0.25) is 0 Å². The predicted molar refractivity (Wildman–Crippen MR) is 112 cm³/mol. The second kappa shape index (κ2) is 9.43. The highest BCUT2D eigenvalue weighted by atomic mass is 32.2. The number of carbonyl (C=O) groups excluding carboxylic acids is 1.